The smallest absolute Gasteiger partial charge is 0.132 e. The van der Waals surface area contributed by atoms with E-state index in [1.807, 2.05) is 24.3 Å². The number of ether oxygens (including phenoxy) is 1. The van der Waals surface area contributed by atoms with Gasteiger partial charge in [0.15, 0.2) is 0 Å². The van der Waals surface area contributed by atoms with E-state index in [4.69, 9.17) is 10.5 Å². The van der Waals surface area contributed by atoms with Crippen LogP contribution in [0.2, 0.25) is 0 Å². The van der Waals surface area contributed by atoms with E-state index < -0.39 is 0 Å². The Bertz CT molecular complexity index is 497. The molecule has 1 heterocycles. The Labute approximate surface area is 102 Å². The molecule has 0 bridgehead atoms. The van der Waals surface area contributed by atoms with Crippen LogP contribution in [0, 0.1) is 0 Å². The van der Waals surface area contributed by atoms with Crippen molar-refractivity contribution in [2.45, 2.75) is 26.2 Å². The van der Waals surface area contributed by atoms with Crippen LogP contribution in [0.15, 0.2) is 30.3 Å². The quantitative estimate of drug-likeness (QED) is 0.801. The van der Waals surface area contributed by atoms with Gasteiger partial charge in [-0.05, 0) is 18.6 Å². The Morgan fingerprint density at radius 2 is 2.06 bits per heavy atom. The molecule has 2 N–H and O–H groups in total. The largest absolute Gasteiger partial charge is 0.493 e. The maximum atomic E-state index is 5.78. The third-order valence-corrected chi connectivity index (χ3v) is 2.70. The molecule has 0 aliphatic rings. The van der Waals surface area contributed by atoms with Crippen LogP contribution in [-0.2, 0) is 0 Å². The number of pyridine rings is 1. The van der Waals surface area contributed by atoms with Crippen molar-refractivity contribution in [2.24, 2.45) is 0 Å². The maximum absolute atomic E-state index is 5.78. The second-order valence-electron chi connectivity index (χ2n) is 4.12. The summed E-state index contributed by atoms with van der Waals surface area (Å²) in [5, 5.41) is 1.03. The van der Waals surface area contributed by atoms with Crippen molar-refractivity contribution in [3.63, 3.8) is 0 Å². The van der Waals surface area contributed by atoms with Crippen LogP contribution in [0.1, 0.15) is 26.2 Å². The summed E-state index contributed by atoms with van der Waals surface area (Å²) in [4.78, 5) is 4.28. The second-order valence-corrected chi connectivity index (χ2v) is 4.12. The summed E-state index contributed by atoms with van der Waals surface area (Å²) >= 11 is 0. The van der Waals surface area contributed by atoms with Gasteiger partial charge in [-0.15, -0.1) is 0 Å². The highest BCUT2D eigenvalue weighted by Crippen LogP contribution is 2.26. The van der Waals surface area contributed by atoms with Crippen molar-refractivity contribution in [2.75, 3.05) is 12.3 Å². The number of rotatable bonds is 5. The fraction of sp³-hybridized carbons (Fsp3) is 0.357. The molecule has 0 spiro atoms. The Hall–Kier alpha value is -1.77. The molecule has 1 aromatic heterocycles. The van der Waals surface area contributed by atoms with E-state index in [-0.39, 0.29) is 0 Å². The zero-order chi connectivity index (χ0) is 12.1. The monoisotopic (exact) mass is 230 g/mol. The molecule has 0 fully saturated rings. The molecule has 0 unspecified atom stereocenters. The first-order chi connectivity index (χ1) is 8.31. The van der Waals surface area contributed by atoms with Gasteiger partial charge in [0.2, 0.25) is 0 Å². The third kappa shape index (κ3) is 2.87. The summed E-state index contributed by atoms with van der Waals surface area (Å²) in [6.45, 7) is 2.92. The highest BCUT2D eigenvalue weighted by molar-refractivity contribution is 5.86. The number of para-hydroxylation sites is 1. The molecule has 3 nitrogen and oxygen atoms in total. The van der Waals surface area contributed by atoms with E-state index >= 15 is 0 Å². The maximum Gasteiger partial charge on any atom is 0.132 e. The summed E-state index contributed by atoms with van der Waals surface area (Å²) in [5.74, 6) is 1.35. The van der Waals surface area contributed by atoms with Crippen LogP contribution in [0.5, 0.6) is 5.75 Å². The fourth-order valence-electron chi connectivity index (χ4n) is 1.82. The number of unbranched alkanes of at least 4 members (excludes halogenated alkanes) is 2. The topological polar surface area (TPSA) is 48.1 Å². The molecule has 90 valence electrons. The lowest BCUT2D eigenvalue weighted by molar-refractivity contribution is 0.310. The number of aromatic nitrogens is 1. The Morgan fingerprint density at radius 3 is 2.88 bits per heavy atom. The average molecular weight is 230 g/mol. The van der Waals surface area contributed by atoms with Crippen molar-refractivity contribution in [3.8, 4) is 5.75 Å². The Kier molecular flexibility index (Phi) is 3.81. The van der Waals surface area contributed by atoms with Crippen molar-refractivity contribution in [1.29, 1.82) is 0 Å². The van der Waals surface area contributed by atoms with Crippen molar-refractivity contribution in [1.82, 2.24) is 4.98 Å². The third-order valence-electron chi connectivity index (χ3n) is 2.70. The van der Waals surface area contributed by atoms with Gasteiger partial charge in [-0.1, -0.05) is 31.9 Å². The van der Waals surface area contributed by atoms with Gasteiger partial charge < -0.3 is 10.5 Å². The second kappa shape index (κ2) is 5.53. The zero-order valence-corrected chi connectivity index (χ0v) is 10.1. The van der Waals surface area contributed by atoms with Crippen LogP contribution in [-0.4, -0.2) is 11.6 Å². The minimum atomic E-state index is 0.509. The van der Waals surface area contributed by atoms with E-state index in [9.17, 15) is 0 Å². The fourth-order valence-corrected chi connectivity index (χ4v) is 1.82. The lowest BCUT2D eigenvalue weighted by atomic mass is 10.2. The first-order valence-corrected chi connectivity index (χ1v) is 6.09. The molecular weight excluding hydrogens is 212 g/mol. The average Bonchev–Trinajstić information content (AvgIpc) is 2.34. The molecular formula is C14H18N2O. The van der Waals surface area contributed by atoms with Gasteiger partial charge in [-0.3, -0.25) is 0 Å². The first kappa shape index (κ1) is 11.7. The number of hydrogen-bond donors (Lipinski definition) is 1. The van der Waals surface area contributed by atoms with Gasteiger partial charge in [-0.25, -0.2) is 4.98 Å². The molecule has 0 aliphatic carbocycles. The zero-order valence-electron chi connectivity index (χ0n) is 10.1. The molecule has 0 aliphatic heterocycles. The SMILES string of the molecule is CCCCCOc1cc(N)nc2ccccc12. The van der Waals surface area contributed by atoms with Crippen LogP contribution in [0.3, 0.4) is 0 Å². The molecule has 0 radical (unpaired) electrons. The number of anilines is 1. The predicted molar refractivity (Wildman–Crippen MR) is 71.2 cm³/mol. The summed E-state index contributed by atoms with van der Waals surface area (Å²) in [7, 11) is 0. The van der Waals surface area contributed by atoms with Crippen molar-refractivity contribution in [3.05, 3.63) is 30.3 Å². The highest BCUT2D eigenvalue weighted by Gasteiger charge is 2.04. The first-order valence-electron chi connectivity index (χ1n) is 6.09. The van der Waals surface area contributed by atoms with Gasteiger partial charge in [0.25, 0.3) is 0 Å². The molecule has 2 aromatic rings. The van der Waals surface area contributed by atoms with E-state index in [0.717, 1.165) is 29.7 Å². The number of nitrogens with zero attached hydrogens (tertiary/aromatic N) is 1. The van der Waals surface area contributed by atoms with E-state index in [0.29, 0.717) is 5.82 Å². The summed E-state index contributed by atoms with van der Waals surface area (Å²) in [5.41, 5.74) is 6.65. The number of nitrogens with two attached hydrogens (primary N) is 1. The number of benzene rings is 1. The molecule has 17 heavy (non-hydrogen) atoms. The highest BCUT2D eigenvalue weighted by atomic mass is 16.5. The summed E-state index contributed by atoms with van der Waals surface area (Å²) in [6, 6.07) is 9.70. The van der Waals surface area contributed by atoms with Crippen LogP contribution in [0.4, 0.5) is 5.82 Å². The molecule has 0 saturated heterocycles. The molecule has 3 heteroatoms. The normalized spacial score (nSPS) is 10.6. The summed E-state index contributed by atoms with van der Waals surface area (Å²) < 4.78 is 5.78. The Balaban J connectivity index is 2.20. The molecule has 2 rings (SSSR count). The lowest BCUT2D eigenvalue weighted by Gasteiger charge is -2.09. The van der Waals surface area contributed by atoms with Crippen LogP contribution >= 0.6 is 0 Å². The number of nitrogen functional groups attached to an aromatic ring is 1. The van der Waals surface area contributed by atoms with Gasteiger partial charge >= 0.3 is 0 Å². The number of fused-ring (bicyclic) bond motifs is 1. The van der Waals surface area contributed by atoms with Crippen molar-refractivity contribution < 1.29 is 4.74 Å². The van der Waals surface area contributed by atoms with Crippen LogP contribution < -0.4 is 10.5 Å². The Morgan fingerprint density at radius 1 is 1.24 bits per heavy atom. The van der Waals surface area contributed by atoms with Gasteiger partial charge in [0.1, 0.15) is 11.6 Å². The van der Waals surface area contributed by atoms with E-state index in [1.165, 1.54) is 12.8 Å². The number of hydrogen-bond acceptors (Lipinski definition) is 3. The summed E-state index contributed by atoms with van der Waals surface area (Å²) in [6.07, 6.45) is 3.47. The molecule has 0 atom stereocenters. The standard InChI is InChI=1S/C14H18N2O/c1-2-3-6-9-17-13-10-14(15)16-12-8-5-4-7-11(12)13/h4-5,7-8,10H,2-3,6,9H2,1H3,(H2,15,16). The van der Waals surface area contributed by atoms with Gasteiger partial charge in [0.05, 0.1) is 12.1 Å². The van der Waals surface area contributed by atoms with Crippen LogP contribution in [0.25, 0.3) is 10.9 Å². The minimum absolute atomic E-state index is 0.509. The molecule has 0 amide bonds. The van der Waals surface area contributed by atoms with Gasteiger partial charge in [-0.2, -0.15) is 0 Å². The van der Waals surface area contributed by atoms with Gasteiger partial charge in [0, 0.05) is 11.5 Å². The van der Waals surface area contributed by atoms with Crippen molar-refractivity contribution >= 4 is 16.7 Å². The molecule has 1 aromatic carbocycles. The lowest BCUT2D eigenvalue weighted by Crippen LogP contribution is -2.00. The minimum Gasteiger partial charge on any atom is -0.493 e. The van der Waals surface area contributed by atoms with E-state index in [1.54, 1.807) is 6.07 Å². The predicted octanol–water partition coefficient (Wildman–Crippen LogP) is 3.39. The molecule has 0 saturated carbocycles. The van der Waals surface area contributed by atoms with E-state index in [2.05, 4.69) is 11.9 Å².